The van der Waals surface area contributed by atoms with Crippen LogP contribution < -0.4 is 0 Å². The summed E-state index contributed by atoms with van der Waals surface area (Å²) in [5.41, 5.74) is 0. The van der Waals surface area contributed by atoms with Crippen LogP contribution in [0, 0.1) is 5.92 Å². The van der Waals surface area contributed by atoms with Gasteiger partial charge < -0.3 is 33.8 Å². The molecule has 0 radical (unpaired) electrons. The van der Waals surface area contributed by atoms with Crippen molar-refractivity contribution < 1.29 is 80.2 Å². The number of hydrogen-bond donors (Lipinski definition) is 3. The van der Waals surface area contributed by atoms with Gasteiger partial charge in [-0.2, -0.15) is 0 Å². The highest BCUT2D eigenvalue weighted by molar-refractivity contribution is 7.47. The summed E-state index contributed by atoms with van der Waals surface area (Å²) in [6.45, 7) is 7.20. The fourth-order valence-corrected chi connectivity index (χ4v) is 11.9. The summed E-state index contributed by atoms with van der Waals surface area (Å²) in [5, 5.41) is 10.6. The van der Waals surface area contributed by atoms with Crippen molar-refractivity contribution in [2.45, 2.75) is 368 Å². The van der Waals surface area contributed by atoms with E-state index in [1.807, 2.05) is 0 Å². The zero-order chi connectivity index (χ0) is 64.2. The topological polar surface area (TPSA) is 237 Å². The highest BCUT2D eigenvalue weighted by atomic mass is 31.2. The minimum atomic E-state index is -4.95. The number of aliphatic hydroxyl groups excluding tert-OH is 1. The van der Waals surface area contributed by atoms with Gasteiger partial charge in [0.1, 0.15) is 19.3 Å². The lowest BCUT2D eigenvalue weighted by Crippen LogP contribution is -2.30. The molecule has 0 bridgehead atoms. The molecule has 0 aromatic carbocycles. The quantitative estimate of drug-likeness (QED) is 0.0222. The maximum Gasteiger partial charge on any atom is 0.472 e. The Bertz CT molecular complexity index is 1690. The molecule has 17 nitrogen and oxygen atoms in total. The summed E-state index contributed by atoms with van der Waals surface area (Å²) in [6, 6.07) is 0. The molecule has 0 aliphatic heterocycles. The number of unbranched alkanes of at least 4 members (excludes halogenated alkanes) is 40. The van der Waals surface area contributed by atoms with Crippen molar-refractivity contribution in [1.82, 2.24) is 0 Å². The third kappa shape index (κ3) is 62.6. The highest BCUT2D eigenvalue weighted by Gasteiger charge is 2.30. The number of hydrogen-bond acceptors (Lipinski definition) is 15. The van der Waals surface area contributed by atoms with Gasteiger partial charge in [-0.05, 0) is 31.6 Å². The minimum absolute atomic E-state index is 0.106. The molecule has 3 N–H and O–H groups in total. The van der Waals surface area contributed by atoms with Gasteiger partial charge >= 0.3 is 39.5 Å². The third-order valence-corrected chi connectivity index (χ3v) is 17.7. The molecule has 0 aromatic heterocycles. The molecule has 0 heterocycles. The zero-order valence-electron chi connectivity index (χ0n) is 56.2. The average molecular weight is 1280 g/mol. The predicted molar refractivity (Wildman–Crippen MR) is 349 cm³/mol. The third-order valence-electron chi connectivity index (χ3n) is 15.8. The van der Waals surface area contributed by atoms with E-state index < -0.39 is 97.5 Å². The van der Waals surface area contributed by atoms with Crippen LogP contribution >= 0.6 is 15.6 Å². The first-order valence-corrected chi connectivity index (χ1v) is 38.6. The first-order valence-electron chi connectivity index (χ1n) is 35.6. The Morgan fingerprint density at radius 1 is 0.310 bits per heavy atom. The molecule has 516 valence electrons. The second-order valence-corrected chi connectivity index (χ2v) is 27.9. The van der Waals surface area contributed by atoms with Crippen molar-refractivity contribution in [2.24, 2.45) is 5.92 Å². The fourth-order valence-electron chi connectivity index (χ4n) is 10.3. The number of carbonyl (C=O) groups excluding carboxylic acids is 4. The Hall–Kier alpha value is -1.94. The Morgan fingerprint density at radius 3 is 0.782 bits per heavy atom. The van der Waals surface area contributed by atoms with Crippen LogP contribution in [0.4, 0.5) is 0 Å². The Balaban J connectivity index is 5.20. The molecule has 0 saturated heterocycles. The van der Waals surface area contributed by atoms with Gasteiger partial charge in [0.05, 0.1) is 26.4 Å². The first-order chi connectivity index (χ1) is 42.0. The smallest absolute Gasteiger partial charge is 0.462 e. The van der Waals surface area contributed by atoms with Crippen LogP contribution in [0.2, 0.25) is 0 Å². The van der Waals surface area contributed by atoms with Crippen LogP contribution in [-0.4, -0.2) is 96.7 Å². The van der Waals surface area contributed by atoms with E-state index in [0.717, 1.165) is 102 Å². The number of phosphoric ester groups is 2. The minimum Gasteiger partial charge on any atom is -0.462 e. The lowest BCUT2D eigenvalue weighted by Gasteiger charge is -2.21. The molecule has 0 saturated carbocycles. The van der Waals surface area contributed by atoms with E-state index in [-0.39, 0.29) is 25.7 Å². The van der Waals surface area contributed by atoms with E-state index >= 15 is 0 Å². The van der Waals surface area contributed by atoms with E-state index in [1.54, 1.807) is 0 Å². The molecule has 5 atom stereocenters. The number of esters is 4. The van der Waals surface area contributed by atoms with Crippen LogP contribution in [-0.2, 0) is 65.4 Å². The summed E-state index contributed by atoms with van der Waals surface area (Å²) < 4.78 is 68.1. The summed E-state index contributed by atoms with van der Waals surface area (Å²) in [7, 11) is -9.89. The molecule has 19 heteroatoms. The maximum absolute atomic E-state index is 13.0. The van der Waals surface area contributed by atoms with Gasteiger partial charge in [0, 0.05) is 25.7 Å². The molecule has 0 rings (SSSR count). The van der Waals surface area contributed by atoms with E-state index in [1.165, 1.54) is 167 Å². The lowest BCUT2D eigenvalue weighted by atomic mass is 10.0. The van der Waals surface area contributed by atoms with Gasteiger partial charge in [-0.3, -0.25) is 37.3 Å². The number of phosphoric acid groups is 2. The Kier molecular flexibility index (Phi) is 60.2. The molecule has 0 spiro atoms. The number of aliphatic hydroxyl groups is 1. The summed E-state index contributed by atoms with van der Waals surface area (Å²) in [5.74, 6) is -1.35. The molecular formula is C68H132O17P2. The zero-order valence-corrected chi connectivity index (χ0v) is 57.9. The number of ether oxygens (including phenoxy) is 4. The van der Waals surface area contributed by atoms with Gasteiger partial charge in [0.25, 0.3) is 0 Å². The van der Waals surface area contributed by atoms with Crippen molar-refractivity contribution in [1.29, 1.82) is 0 Å². The van der Waals surface area contributed by atoms with Gasteiger partial charge in [-0.15, -0.1) is 0 Å². The van der Waals surface area contributed by atoms with Gasteiger partial charge in [0.15, 0.2) is 12.2 Å². The van der Waals surface area contributed by atoms with Crippen LogP contribution in [0.3, 0.4) is 0 Å². The van der Waals surface area contributed by atoms with E-state index in [2.05, 4.69) is 34.6 Å². The average Bonchev–Trinajstić information content (AvgIpc) is 3.58. The van der Waals surface area contributed by atoms with Gasteiger partial charge in [-0.25, -0.2) is 9.13 Å². The van der Waals surface area contributed by atoms with E-state index in [9.17, 15) is 43.2 Å². The van der Waals surface area contributed by atoms with Gasteiger partial charge in [0.2, 0.25) is 0 Å². The van der Waals surface area contributed by atoms with E-state index in [4.69, 9.17) is 37.0 Å². The second-order valence-electron chi connectivity index (χ2n) is 25.0. The fraction of sp³-hybridized carbons (Fsp3) is 0.941. The molecule has 0 aliphatic rings. The molecule has 87 heavy (non-hydrogen) atoms. The van der Waals surface area contributed by atoms with Crippen molar-refractivity contribution in [2.75, 3.05) is 39.6 Å². The van der Waals surface area contributed by atoms with Crippen molar-refractivity contribution >= 4 is 39.5 Å². The van der Waals surface area contributed by atoms with E-state index in [0.29, 0.717) is 25.7 Å². The number of carbonyl (C=O) groups is 4. The van der Waals surface area contributed by atoms with Crippen LogP contribution in [0.1, 0.15) is 349 Å². The molecule has 0 aliphatic carbocycles. The van der Waals surface area contributed by atoms with Crippen LogP contribution in [0.25, 0.3) is 0 Å². The second kappa shape index (κ2) is 61.6. The lowest BCUT2D eigenvalue weighted by molar-refractivity contribution is -0.161. The molecule has 0 amide bonds. The van der Waals surface area contributed by atoms with Crippen LogP contribution in [0.15, 0.2) is 0 Å². The predicted octanol–water partition coefficient (Wildman–Crippen LogP) is 19.4. The Morgan fingerprint density at radius 2 is 0.529 bits per heavy atom. The summed E-state index contributed by atoms with van der Waals surface area (Å²) >= 11 is 0. The largest absolute Gasteiger partial charge is 0.472 e. The normalized spacial score (nSPS) is 14.1. The molecule has 0 aromatic rings. The Labute approximate surface area is 530 Å². The van der Waals surface area contributed by atoms with Gasteiger partial charge in [-0.1, -0.05) is 298 Å². The summed E-state index contributed by atoms with van der Waals surface area (Å²) in [4.78, 5) is 72.3. The highest BCUT2D eigenvalue weighted by Crippen LogP contribution is 2.45. The maximum atomic E-state index is 13.0. The first kappa shape index (κ1) is 85.1. The van der Waals surface area contributed by atoms with Crippen molar-refractivity contribution in [3.63, 3.8) is 0 Å². The monoisotopic (exact) mass is 1280 g/mol. The van der Waals surface area contributed by atoms with Crippen molar-refractivity contribution in [3.8, 4) is 0 Å². The standard InChI is InChI=1S/C68H132O17P2/c1-6-9-12-15-18-21-22-23-24-25-29-33-37-42-47-52-66(71)79-58-64(85-68(73)54-49-44-39-34-30-27-26-28-32-35-40-45-50-61(4)5)60-83-87(76,77)81-56-62(69)55-80-86(74,75)82-59-63(57-78-65(70)51-46-41-36-20-17-14-11-8-3)84-67(72)53-48-43-38-31-19-16-13-10-7-2/h61-64,69H,6-60H2,1-5H3,(H,74,75)(H,76,77)/t62-,63+,64+/m0/s1. The SMILES string of the molecule is CCCCCCCCCCCCCCCCCC(=O)OC[C@H](COP(=O)(O)OC[C@@H](O)COP(=O)(O)OC[C@@H](COC(=O)CCCCCCCCCC)OC(=O)CCCCCCCCCCC)OC(=O)CCCCCCCCCCCCCCC(C)C. The van der Waals surface area contributed by atoms with Crippen molar-refractivity contribution in [3.05, 3.63) is 0 Å². The molecule has 2 unspecified atom stereocenters. The molecular weight excluding hydrogens is 1150 g/mol. The number of rotatable bonds is 68. The summed E-state index contributed by atoms with van der Waals surface area (Å²) in [6.07, 6.45) is 47.2. The molecule has 0 fully saturated rings. The van der Waals surface area contributed by atoms with Crippen LogP contribution in [0.5, 0.6) is 0 Å².